The number of hydrogen-bond donors (Lipinski definition) is 2. The van der Waals surface area contributed by atoms with Crippen LogP contribution < -0.4 is 5.32 Å². The van der Waals surface area contributed by atoms with Crippen LogP contribution in [0.1, 0.15) is 12.2 Å². The summed E-state index contributed by atoms with van der Waals surface area (Å²) < 4.78 is 30.4. The summed E-state index contributed by atoms with van der Waals surface area (Å²) in [7, 11) is -3.42. The Kier molecular flexibility index (Phi) is 4.68. The van der Waals surface area contributed by atoms with Crippen LogP contribution in [0, 0.1) is 6.92 Å². The molecule has 0 aliphatic carbocycles. The third-order valence-electron chi connectivity index (χ3n) is 2.80. The van der Waals surface area contributed by atoms with E-state index >= 15 is 0 Å². The number of carbonyl (C=O) groups excluding carboxylic acids is 1. The van der Waals surface area contributed by atoms with Gasteiger partial charge >= 0.3 is 0 Å². The minimum absolute atomic E-state index is 0.132. The van der Waals surface area contributed by atoms with E-state index in [4.69, 9.17) is 4.74 Å². The molecular weight excluding hydrogens is 286 g/mol. The first kappa shape index (κ1) is 14.9. The summed E-state index contributed by atoms with van der Waals surface area (Å²) in [5, 5.41) is 8.77. The van der Waals surface area contributed by atoms with E-state index < -0.39 is 15.9 Å². The highest BCUT2D eigenvalue weighted by atomic mass is 32.2. The van der Waals surface area contributed by atoms with Gasteiger partial charge in [-0.1, -0.05) is 0 Å². The molecule has 0 atom stereocenters. The van der Waals surface area contributed by atoms with Crippen LogP contribution in [0.4, 0.5) is 5.95 Å². The molecule has 2 rings (SSSR count). The zero-order valence-corrected chi connectivity index (χ0v) is 11.9. The molecule has 10 heteroatoms. The Morgan fingerprint density at radius 2 is 2.15 bits per heavy atom. The fourth-order valence-corrected chi connectivity index (χ4v) is 3.17. The van der Waals surface area contributed by atoms with Crippen molar-refractivity contribution in [2.75, 3.05) is 37.4 Å². The Morgan fingerprint density at radius 3 is 2.75 bits per heavy atom. The van der Waals surface area contributed by atoms with Crippen LogP contribution in [-0.4, -0.2) is 65.9 Å². The quantitative estimate of drug-likeness (QED) is 0.728. The van der Waals surface area contributed by atoms with Crippen molar-refractivity contribution < 1.29 is 17.9 Å². The monoisotopic (exact) mass is 303 g/mol. The lowest BCUT2D eigenvalue weighted by atomic mass is 10.4. The average Bonchev–Trinajstić information content (AvgIpc) is 2.83. The van der Waals surface area contributed by atoms with E-state index in [1.807, 2.05) is 0 Å². The molecule has 2 heterocycles. The van der Waals surface area contributed by atoms with E-state index in [0.29, 0.717) is 32.1 Å². The van der Waals surface area contributed by atoms with Crippen molar-refractivity contribution in [2.45, 2.75) is 13.3 Å². The standard InChI is InChI=1S/C10H17N5O4S/c1-8-11-10(14-13-8)12-9(16)2-7-20(17,18)15-3-5-19-6-4-15/h2-7H2,1H3,(H2,11,12,13,14,16). The second-order valence-electron chi connectivity index (χ2n) is 4.37. The molecule has 0 saturated carbocycles. The number of sulfonamides is 1. The predicted octanol–water partition coefficient (Wildman–Crippen LogP) is -0.896. The van der Waals surface area contributed by atoms with Crippen molar-refractivity contribution in [3.05, 3.63) is 5.82 Å². The summed E-state index contributed by atoms with van der Waals surface area (Å²) in [6.07, 6.45) is -0.132. The number of aromatic amines is 1. The van der Waals surface area contributed by atoms with Gasteiger partial charge in [-0.05, 0) is 6.92 Å². The number of ether oxygens (including phenoxy) is 1. The summed E-state index contributed by atoms with van der Waals surface area (Å²) in [6, 6.07) is 0. The molecule has 0 bridgehead atoms. The molecule has 0 aromatic carbocycles. The average molecular weight is 303 g/mol. The van der Waals surface area contributed by atoms with Crippen LogP contribution in [0.5, 0.6) is 0 Å². The number of aryl methyl sites for hydroxylation is 1. The second-order valence-corrected chi connectivity index (χ2v) is 6.46. The first-order valence-electron chi connectivity index (χ1n) is 6.22. The van der Waals surface area contributed by atoms with Gasteiger partial charge < -0.3 is 4.74 Å². The van der Waals surface area contributed by atoms with E-state index in [0.717, 1.165) is 0 Å². The summed E-state index contributed by atoms with van der Waals surface area (Å²) in [4.78, 5) is 15.5. The number of H-pyrrole nitrogens is 1. The second kappa shape index (κ2) is 6.29. The van der Waals surface area contributed by atoms with Crippen LogP contribution in [0.25, 0.3) is 0 Å². The summed E-state index contributed by atoms with van der Waals surface area (Å²) in [5.41, 5.74) is 0. The Balaban J connectivity index is 1.82. The van der Waals surface area contributed by atoms with Crippen LogP contribution in [0.3, 0.4) is 0 Å². The molecule has 1 amide bonds. The molecule has 0 unspecified atom stereocenters. The number of amides is 1. The highest BCUT2D eigenvalue weighted by Gasteiger charge is 2.25. The molecule has 2 N–H and O–H groups in total. The van der Waals surface area contributed by atoms with Gasteiger partial charge in [-0.2, -0.15) is 9.29 Å². The minimum Gasteiger partial charge on any atom is -0.379 e. The summed E-state index contributed by atoms with van der Waals surface area (Å²) in [6.45, 7) is 3.16. The van der Waals surface area contributed by atoms with Crippen molar-refractivity contribution in [3.63, 3.8) is 0 Å². The first-order chi connectivity index (χ1) is 9.47. The topological polar surface area (TPSA) is 117 Å². The third kappa shape index (κ3) is 3.99. The van der Waals surface area contributed by atoms with Crippen molar-refractivity contribution in [1.29, 1.82) is 0 Å². The highest BCUT2D eigenvalue weighted by molar-refractivity contribution is 7.89. The first-order valence-corrected chi connectivity index (χ1v) is 7.83. The lowest BCUT2D eigenvalue weighted by Crippen LogP contribution is -2.42. The third-order valence-corrected chi connectivity index (χ3v) is 4.67. The van der Waals surface area contributed by atoms with Gasteiger partial charge in [0, 0.05) is 19.5 Å². The number of aromatic nitrogens is 3. The van der Waals surface area contributed by atoms with Gasteiger partial charge in [-0.3, -0.25) is 15.2 Å². The molecule has 1 fully saturated rings. The zero-order valence-electron chi connectivity index (χ0n) is 11.1. The van der Waals surface area contributed by atoms with Gasteiger partial charge in [0.05, 0.1) is 19.0 Å². The van der Waals surface area contributed by atoms with Crippen LogP contribution >= 0.6 is 0 Å². The van der Waals surface area contributed by atoms with Crippen molar-refractivity contribution >= 4 is 21.9 Å². The van der Waals surface area contributed by atoms with E-state index in [1.54, 1.807) is 6.92 Å². The highest BCUT2D eigenvalue weighted by Crippen LogP contribution is 2.07. The molecule has 1 aromatic rings. The van der Waals surface area contributed by atoms with Crippen molar-refractivity contribution in [2.24, 2.45) is 0 Å². The number of morpholine rings is 1. The minimum atomic E-state index is -3.42. The maximum absolute atomic E-state index is 12.0. The molecule has 112 valence electrons. The molecule has 1 aromatic heterocycles. The van der Waals surface area contributed by atoms with Crippen LogP contribution in [-0.2, 0) is 19.6 Å². The normalized spacial score (nSPS) is 17.1. The lowest BCUT2D eigenvalue weighted by molar-refractivity contribution is -0.115. The van der Waals surface area contributed by atoms with Crippen molar-refractivity contribution in [1.82, 2.24) is 19.5 Å². The number of carbonyl (C=O) groups is 1. The number of rotatable bonds is 5. The van der Waals surface area contributed by atoms with Gasteiger partial charge in [0.2, 0.25) is 21.9 Å². The van der Waals surface area contributed by atoms with E-state index in [9.17, 15) is 13.2 Å². The molecule has 0 radical (unpaired) electrons. The molecule has 1 saturated heterocycles. The number of nitrogens with zero attached hydrogens (tertiary/aromatic N) is 3. The fourth-order valence-electron chi connectivity index (χ4n) is 1.76. The Bertz CT molecular complexity index is 564. The van der Waals surface area contributed by atoms with Gasteiger partial charge in [-0.15, -0.1) is 5.10 Å². The smallest absolute Gasteiger partial charge is 0.248 e. The molecule has 20 heavy (non-hydrogen) atoms. The maximum atomic E-state index is 12.0. The Morgan fingerprint density at radius 1 is 1.45 bits per heavy atom. The van der Waals surface area contributed by atoms with Gasteiger partial charge in [-0.25, -0.2) is 8.42 Å². The number of anilines is 1. The van der Waals surface area contributed by atoms with Gasteiger partial charge in [0.1, 0.15) is 5.82 Å². The SMILES string of the molecule is Cc1nc(NC(=O)CCS(=O)(=O)N2CCOCC2)n[nH]1. The predicted molar refractivity (Wildman–Crippen MR) is 70.5 cm³/mol. The molecular formula is C10H17N5O4S. The Labute approximate surface area is 116 Å². The molecule has 0 spiro atoms. The van der Waals surface area contributed by atoms with Crippen molar-refractivity contribution in [3.8, 4) is 0 Å². The van der Waals surface area contributed by atoms with E-state index in [1.165, 1.54) is 4.31 Å². The molecule has 1 aliphatic heterocycles. The van der Waals surface area contributed by atoms with Crippen LogP contribution in [0.2, 0.25) is 0 Å². The lowest BCUT2D eigenvalue weighted by Gasteiger charge is -2.25. The number of nitrogens with one attached hydrogen (secondary N) is 2. The largest absolute Gasteiger partial charge is 0.379 e. The maximum Gasteiger partial charge on any atom is 0.248 e. The van der Waals surface area contributed by atoms with Crippen LogP contribution in [0.15, 0.2) is 0 Å². The zero-order chi connectivity index (χ0) is 14.6. The summed E-state index contributed by atoms with van der Waals surface area (Å²) in [5.74, 6) is 0.0562. The Hall–Kier alpha value is -1.52. The van der Waals surface area contributed by atoms with E-state index in [2.05, 4.69) is 20.5 Å². The fraction of sp³-hybridized carbons (Fsp3) is 0.700. The summed E-state index contributed by atoms with van der Waals surface area (Å²) >= 11 is 0. The van der Waals surface area contributed by atoms with Gasteiger partial charge in [0.25, 0.3) is 0 Å². The number of hydrogen-bond acceptors (Lipinski definition) is 6. The molecule has 9 nitrogen and oxygen atoms in total. The van der Waals surface area contributed by atoms with E-state index in [-0.39, 0.29) is 18.1 Å². The van der Waals surface area contributed by atoms with Gasteiger partial charge in [0.15, 0.2) is 0 Å². The molecule has 1 aliphatic rings.